The molecule has 3 rings (SSSR count). The predicted molar refractivity (Wildman–Crippen MR) is 76.3 cm³/mol. The maximum Gasteiger partial charge on any atom is 0.138 e. The van der Waals surface area contributed by atoms with Gasteiger partial charge in [0.15, 0.2) is 0 Å². The smallest absolute Gasteiger partial charge is 0.138 e. The first-order valence-corrected chi connectivity index (χ1v) is 7.64. The third-order valence-electron chi connectivity index (χ3n) is 5.01. The first-order chi connectivity index (χ1) is 9.72. The van der Waals surface area contributed by atoms with Gasteiger partial charge in [-0.05, 0) is 12.8 Å². The maximum atomic E-state index is 6.64. The van der Waals surface area contributed by atoms with E-state index in [1.165, 1.54) is 25.7 Å². The molecule has 112 valence electrons. The van der Waals surface area contributed by atoms with Crippen LogP contribution in [0.4, 0.5) is 0 Å². The molecule has 0 amide bonds. The SMILES string of the molecule is Cn1ncnc1CC(N)C1(N2CCOCC2)CCCC1. The summed E-state index contributed by atoms with van der Waals surface area (Å²) in [6.07, 6.45) is 7.37. The van der Waals surface area contributed by atoms with Gasteiger partial charge in [0.2, 0.25) is 0 Å². The Bertz CT molecular complexity index is 435. The molecule has 2 N–H and O–H groups in total. The molecule has 0 spiro atoms. The highest BCUT2D eigenvalue weighted by Gasteiger charge is 2.45. The second-order valence-electron chi connectivity index (χ2n) is 6.02. The van der Waals surface area contributed by atoms with Crippen molar-refractivity contribution in [3.63, 3.8) is 0 Å². The second kappa shape index (κ2) is 5.79. The largest absolute Gasteiger partial charge is 0.379 e. The quantitative estimate of drug-likeness (QED) is 0.860. The first kappa shape index (κ1) is 14.0. The number of hydrogen-bond acceptors (Lipinski definition) is 5. The van der Waals surface area contributed by atoms with E-state index >= 15 is 0 Å². The van der Waals surface area contributed by atoms with Crippen LogP contribution in [0.25, 0.3) is 0 Å². The molecule has 1 aromatic heterocycles. The number of ether oxygens (including phenoxy) is 1. The molecule has 0 aromatic carbocycles. The lowest BCUT2D eigenvalue weighted by atomic mass is 9.84. The van der Waals surface area contributed by atoms with Crippen molar-refractivity contribution in [2.24, 2.45) is 12.8 Å². The molecule has 1 atom stereocenters. The van der Waals surface area contributed by atoms with E-state index in [0.717, 1.165) is 38.5 Å². The average molecular weight is 279 g/mol. The minimum atomic E-state index is 0.117. The number of rotatable bonds is 4. The topological polar surface area (TPSA) is 69.2 Å². The summed E-state index contributed by atoms with van der Waals surface area (Å²) in [5, 5.41) is 4.15. The molecule has 2 aliphatic rings. The number of nitrogens with two attached hydrogens (primary N) is 1. The zero-order valence-corrected chi connectivity index (χ0v) is 12.3. The maximum absolute atomic E-state index is 6.64. The van der Waals surface area contributed by atoms with E-state index in [1.807, 2.05) is 11.7 Å². The van der Waals surface area contributed by atoms with Crippen LogP contribution >= 0.6 is 0 Å². The van der Waals surface area contributed by atoms with Crippen LogP contribution in [0, 0.1) is 0 Å². The van der Waals surface area contributed by atoms with Crippen LogP contribution in [0.3, 0.4) is 0 Å². The fourth-order valence-corrected chi connectivity index (χ4v) is 3.81. The lowest BCUT2D eigenvalue weighted by Gasteiger charge is -2.47. The highest BCUT2D eigenvalue weighted by atomic mass is 16.5. The van der Waals surface area contributed by atoms with Gasteiger partial charge >= 0.3 is 0 Å². The minimum Gasteiger partial charge on any atom is -0.379 e. The van der Waals surface area contributed by atoms with Gasteiger partial charge in [0.25, 0.3) is 0 Å². The highest BCUT2D eigenvalue weighted by molar-refractivity contribution is 5.06. The van der Waals surface area contributed by atoms with Crippen LogP contribution in [0.15, 0.2) is 6.33 Å². The Morgan fingerprint density at radius 3 is 2.65 bits per heavy atom. The Labute approximate surface area is 120 Å². The molecule has 1 unspecified atom stereocenters. The van der Waals surface area contributed by atoms with E-state index in [-0.39, 0.29) is 11.6 Å². The third-order valence-corrected chi connectivity index (χ3v) is 5.01. The standard InChI is InChI=1S/C14H25N5O/c1-18-13(16-11-17-18)10-12(15)14(4-2-3-5-14)19-6-8-20-9-7-19/h11-12H,2-10,15H2,1H3. The molecule has 1 saturated heterocycles. The zero-order valence-electron chi connectivity index (χ0n) is 12.3. The Morgan fingerprint density at radius 2 is 2.05 bits per heavy atom. The van der Waals surface area contributed by atoms with Crippen molar-refractivity contribution in [3.05, 3.63) is 12.2 Å². The van der Waals surface area contributed by atoms with Gasteiger partial charge in [0.1, 0.15) is 12.2 Å². The van der Waals surface area contributed by atoms with Crippen molar-refractivity contribution < 1.29 is 4.74 Å². The summed E-state index contributed by atoms with van der Waals surface area (Å²) in [5.41, 5.74) is 6.78. The summed E-state index contributed by atoms with van der Waals surface area (Å²) in [6.45, 7) is 3.68. The third kappa shape index (κ3) is 2.47. The van der Waals surface area contributed by atoms with Gasteiger partial charge in [-0.25, -0.2) is 4.98 Å². The van der Waals surface area contributed by atoms with E-state index < -0.39 is 0 Å². The zero-order chi connectivity index (χ0) is 14.0. The normalized spacial score (nSPS) is 24.9. The molecule has 6 heteroatoms. The molecule has 6 nitrogen and oxygen atoms in total. The minimum absolute atomic E-state index is 0.117. The molecule has 20 heavy (non-hydrogen) atoms. The Balaban J connectivity index is 1.77. The molecule has 2 heterocycles. The van der Waals surface area contributed by atoms with Crippen LogP contribution in [-0.4, -0.2) is 57.5 Å². The van der Waals surface area contributed by atoms with Crippen molar-refractivity contribution >= 4 is 0 Å². The molecule has 1 aromatic rings. The predicted octanol–water partition coefficient (Wildman–Crippen LogP) is 0.330. The van der Waals surface area contributed by atoms with E-state index in [9.17, 15) is 0 Å². The monoisotopic (exact) mass is 279 g/mol. The van der Waals surface area contributed by atoms with Crippen molar-refractivity contribution in [2.45, 2.75) is 43.7 Å². The molecule has 0 radical (unpaired) electrons. The van der Waals surface area contributed by atoms with Gasteiger partial charge in [-0.2, -0.15) is 5.10 Å². The molecule has 0 bridgehead atoms. The summed E-state index contributed by atoms with van der Waals surface area (Å²) in [7, 11) is 1.94. The lowest BCUT2D eigenvalue weighted by Crippen LogP contribution is -2.62. The summed E-state index contributed by atoms with van der Waals surface area (Å²) in [4.78, 5) is 6.91. The molecule has 1 aliphatic heterocycles. The van der Waals surface area contributed by atoms with Crippen molar-refractivity contribution in [3.8, 4) is 0 Å². The van der Waals surface area contributed by atoms with Crippen LogP contribution in [0.1, 0.15) is 31.5 Å². The van der Waals surface area contributed by atoms with E-state index in [2.05, 4.69) is 15.0 Å². The highest BCUT2D eigenvalue weighted by Crippen LogP contribution is 2.38. The van der Waals surface area contributed by atoms with Crippen LogP contribution < -0.4 is 5.73 Å². The lowest BCUT2D eigenvalue weighted by molar-refractivity contribution is -0.0308. The average Bonchev–Trinajstić information content (AvgIpc) is 3.11. The van der Waals surface area contributed by atoms with E-state index in [1.54, 1.807) is 6.33 Å². The number of aromatic nitrogens is 3. The van der Waals surface area contributed by atoms with Gasteiger partial charge in [-0.1, -0.05) is 12.8 Å². The molecule has 1 saturated carbocycles. The molecule has 2 fully saturated rings. The van der Waals surface area contributed by atoms with Crippen LogP contribution in [0.5, 0.6) is 0 Å². The van der Waals surface area contributed by atoms with E-state index in [0.29, 0.717) is 0 Å². The van der Waals surface area contributed by atoms with Gasteiger partial charge < -0.3 is 10.5 Å². The second-order valence-corrected chi connectivity index (χ2v) is 6.02. The van der Waals surface area contributed by atoms with E-state index in [4.69, 9.17) is 10.5 Å². The van der Waals surface area contributed by atoms with Gasteiger partial charge in [-0.15, -0.1) is 0 Å². The Hall–Kier alpha value is -0.980. The number of nitrogens with zero attached hydrogens (tertiary/aromatic N) is 4. The molecular formula is C14H25N5O. The van der Waals surface area contributed by atoms with Gasteiger partial charge in [0, 0.05) is 38.1 Å². The summed E-state index contributed by atoms with van der Waals surface area (Å²) in [6, 6.07) is 0.117. The first-order valence-electron chi connectivity index (χ1n) is 7.64. The summed E-state index contributed by atoms with van der Waals surface area (Å²) < 4.78 is 7.34. The van der Waals surface area contributed by atoms with Gasteiger partial charge in [0.05, 0.1) is 13.2 Å². The van der Waals surface area contributed by atoms with Crippen molar-refractivity contribution in [1.29, 1.82) is 0 Å². The Kier molecular flexibility index (Phi) is 4.05. The van der Waals surface area contributed by atoms with Crippen LogP contribution in [0.2, 0.25) is 0 Å². The number of morpholine rings is 1. The van der Waals surface area contributed by atoms with Crippen molar-refractivity contribution in [1.82, 2.24) is 19.7 Å². The summed E-state index contributed by atoms with van der Waals surface area (Å²) >= 11 is 0. The Morgan fingerprint density at radius 1 is 1.35 bits per heavy atom. The fourth-order valence-electron chi connectivity index (χ4n) is 3.81. The number of hydrogen-bond donors (Lipinski definition) is 1. The van der Waals surface area contributed by atoms with Crippen molar-refractivity contribution in [2.75, 3.05) is 26.3 Å². The molecule has 1 aliphatic carbocycles. The fraction of sp³-hybridized carbons (Fsp3) is 0.857. The van der Waals surface area contributed by atoms with Crippen LogP contribution in [-0.2, 0) is 18.2 Å². The van der Waals surface area contributed by atoms with Gasteiger partial charge in [-0.3, -0.25) is 9.58 Å². The molecular weight excluding hydrogens is 254 g/mol. The summed E-state index contributed by atoms with van der Waals surface area (Å²) in [5.74, 6) is 0.983. The number of aryl methyl sites for hydroxylation is 1.